The second-order valence-corrected chi connectivity index (χ2v) is 6.31. The van der Waals surface area contributed by atoms with Crippen LogP contribution in [0.3, 0.4) is 0 Å². The van der Waals surface area contributed by atoms with Gasteiger partial charge in [0, 0.05) is 12.1 Å². The number of rotatable bonds is 5. The first-order valence-corrected chi connectivity index (χ1v) is 7.91. The van der Waals surface area contributed by atoms with E-state index in [1.165, 1.54) is 24.3 Å². The van der Waals surface area contributed by atoms with Gasteiger partial charge in [0.05, 0.1) is 5.41 Å². The van der Waals surface area contributed by atoms with E-state index in [0.717, 1.165) is 12.8 Å². The molecule has 0 unspecified atom stereocenters. The number of carbonyl (C=O) groups excluding carboxylic acids is 1. The highest BCUT2D eigenvalue weighted by Gasteiger charge is 2.60. The Morgan fingerprint density at radius 2 is 2.04 bits per heavy atom. The van der Waals surface area contributed by atoms with Crippen molar-refractivity contribution in [3.05, 3.63) is 30.1 Å². The fourth-order valence-electron chi connectivity index (χ4n) is 4.07. The van der Waals surface area contributed by atoms with Gasteiger partial charge in [-0.05, 0) is 49.9 Å². The number of nitrogens with zero attached hydrogens (tertiary/aromatic N) is 1. The summed E-state index contributed by atoms with van der Waals surface area (Å²) in [4.78, 5) is 25.9. The monoisotopic (exact) mass is 321 g/mol. The van der Waals surface area contributed by atoms with E-state index in [0.29, 0.717) is 18.6 Å². The molecule has 124 valence electrons. The van der Waals surface area contributed by atoms with Crippen LogP contribution in [0.15, 0.2) is 24.3 Å². The molecule has 1 aromatic rings. The van der Waals surface area contributed by atoms with Gasteiger partial charge in [-0.3, -0.25) is 9.59 Å². The van der Waals surface area contributed by atoms with E-state index in [1.807, 2.05) is 6.92 Å². The van der Waals surface area contributed by atoms with Crippen LogP contribution in [0.2, 0.25) is 0 Å². The zero-order chi connectivity index (χ0) is 16.6. The molecule has 2 fully saturated rings. The zero-order valence-electron chi connectivity index (χ0n) is 13.0. The topological polar surface area (TPSA) is 66.8 Å². The number of benzene rings is 1. The third kappa shape index (κ3) is 2.56. The summed E-state index contributed by atoms with van der Waals surface area (Å²) >= 11 is 0. The zero-order valence-corrected chi connectivity index (χ0v) is 13.0. The van der Waals surface area contributed by atoms with E-state index < -0.39 is 11.4 Å². The first kappa shape index (κ1) is 15.8. The molecule has 0 spiro atoms. The quantitative estimate of drug-likeness (QED) is 0.904. The number of amides is 1. The maximum absolute atomic E-state index is 12.9. The molecular weight excluding hydrogens is 301 g/mol. The van der Waals surface area contributed by atoms with Crippen molar-refractivity contribution >= 4 is 11.9 Å². The van der Waals surface area contributed by atoms with Crippen molar-refractivity contribution in [2.45, 2.75) is 44.7 Å². The van der Waals surface area contributed by atoms with E-state index in [1.54, 1.807) is 4.90 Å². The minimum atomic E-state index is -0.825. The molecule has 23 heavy (non-hydrogen) atoms. The number of carboxylic acids is 1. The van der Waals surface area contributed by atoms with E-state index in [9.17, 15) is 19.1 Å². The van der Waals surface area contributed by atoms with Crippen LogP contribution in [0.1, 0.15) is 32.6 Å². The minimum Gasteiger partial charge on any atom is -0.484 e. The summed E-state index contributed by atoms with van der Waals surface area (Å²) in [6, 6.07) is 5.21. The SMILES string of the molecule is CC[C@@]1(C(=O)O)C[C@@H]2CC[C@H]1N2C(=O)COc1ccc(F)cc1. The van der Waals surface area contributed by atoms with Crippen LogP contribution in [0.4, 0.5) is 4.39 Å². The van der Waals surface area contributed by atoms with Crippen LogP contribution in [-0.2, 0) is 9.59 Å². The molecule has 1 amide bonds. The van der Waals surface area contributed by atoms with Crippen LogP contribution >= 0.6 is 0 Å². The fourth-order valence-corrected chi connectivity index (χ4v) is 4.07. The Kier molecular flexibility index (Phi) is 4.00. The molecule has 5 nitrogen and oxygen atoms in total. The summed E-state index contributed by atoms with van der Waals surface area (Å²) in [6.45, 7) is 1.71. The van der Waals surface area contributed by atoms with Gasteiger partial charge < -0.3 is 14.7 Å². The van der Waals surface area contributed by atoms with Gasteiger partial charge in [0.25, 0.3) is 5.91 Å². The third-order valence-electron chi connectivity index (χ3n) is 5.26. The molecule has 2 aliphatic heterocycles. The minimum absolute atomic E-state index is 0.0135. The summed E-state index contributed by atoms with van der Waals surface area (Å²) < 4.78 is 18.3. The molecule has 3 atom stereocenters. The van der Waals surface area contributed by atoms with Crippen LogP contribution < -0.4 is 4.74 Å². The largest absolute Gasteiger partial charge is 0.484 e. The second-order valence-electron chi connectivity index (χ2n) is 6.31. The van der Waals surface area contributed by atoms with Crippen LogP contribution in [0, 0.1) is 11.2 Å². The first-order chi connectivity index (χ1) is 11.0. The van der Waals surface area contributed by atoms with Gasteiger partial charge >= 0.3 is 5.97 Å². The molecule has 0 aromatic heterocycles. The lowest BCUT2D eigenvalue weighted by Gasteiger charge is -2.32. The molecule has 1 aromatic carbocycles. The highest BCUT2D eigenvalue weighted by Crippen LogP contribution is 2.51. The van der Waals surface area contributed by atoms with Gasteiger partial charge in [-0.1, -0.05) is 6.92 Å². The van der Waals surface area contributed by atoms with Crippen LogP contribution in [-0.4, -0.2) is 40.6 Å². The number of ether oxygens (including phenoxy) is 1. The maximum Gasteiger partial charge on any atom is 0.311 e. The van der Waals surface area contributed by atoms with E-state index in [4.69, 9.17) is 4.74 Å². The number of carboxylic acid groups (broad SMARTS) is 1. The smallest absolute Gasteiger partial charge is 0.311 e. The highest BCUT2D eigenvalue weighted by molar-refractivity contribution is 5.83. The van der Waals surface area contributed by atoms with Crippen LogP contribution in [0.25, 0.3) is 0 Å². The van der Waals surface area contributed by atoms with Gasteiger partial charge in [0.15, 0.2) is 6.61 Å². The normalized spacial score (nSPS) is 28.9. The Hall–Kier alpha value is -2.11. The molecule has 1 N–H and O–H groups in total. The average Bonchev–Trinajstić information content (AvgIpc) is 3.10. The fraction of sp³-hybridized carbons (Fsp3) is 0.529. The number of hydrogen-bond acceptors (Lipinski definition) is 3. The van der Waals surface area contributed by atoms with E-state index in [-0.39, 0.29) is 30.4 Å². The van der Waals surface area contributed by atoms with Crippen molar-refractivity contribution in [2.75, 3.05) is 6.61 Å². The molecule has 2 heterocycles. The number of carbonyl (C=O) groups is 2. The number of fused-ring (bicyclic) bond motifs is 2. The number of hydrogen-bond donors (Lipinski definition) is 1. The third-order valence-corrected chi connectivity index (χ3v) is 5.26. The van der Waals surface area contributed by atoms with Crippen LogP contribution in [0.5, 0.6) is 5.75 Å². The number of aliphatic carboxylic acids is 1. The summed E-state index contributed by atoms with van der Waals surface area (Å²) in [7, 11) is 0. The maximum atomic E-state index is 12.9. The molecule has 6 heteroatoms. The molecular formula is C17H20FNO4. The Labute approximate surface area is 134 Å². The lowest BCUT2D eigenvalue weighted by Crippen LogP contribution is -2.46. The molecule has 0 aliphatic carbocycles. The predicted octanol–water partition coefficient (Wildman–Crippen LogP) is 2.45. The summed E-state index contributed by atoms with van der Waals surface area (Å²) in [6.07, 6.45) is 2.62. The molecule has 0 saturated carbocycles. The van der Waals surface area contributed by atoms with Gasteiger partial charge in [-0.25, -0.2) is 4.39 Å². The van der Waals surface area contributed by atoms with Gasteiger partial charge in [0.1, 0.15) is 11.6 Å². The van der Waals surface area contributed by atoms with Crippen molar-refractivity contribution in [3.63, 3.8) is 0 Å². The van der Waals surface area contributed by atoms with E-state index in [2.05, 4.69) is 0 Å². The first-order valence-electron chi connectivity index (χ1n) is 7.91. The van der Waals surface area contributed by atoms with E-state index >= 15 is 0 Å². The average molecular weight is 321 g/mol. The van der Waals surface area contributed by atoms with Crippen molar-refractivity contribution in [3.8, 4) is 5.75 Å². The Morgan fingerprint density at radius 3 is 2.61 bits per heavy atom. The molecule has 3 rings (SSSR count). The van der Waals surface area contributed by atoms with Gasteiger partial charge in [0.2, 0.25) is 0 Å². The standard InChI is InChI=1S/C17H20FNO4/c1-2-17(16(21)22)9-12-5-8-14(17)19(12)15(20)10-23-13-6-3-11(18)4-7-13/h3-4,6-7,12,14H,2,5,8-10H2,1H3,(H,21,22)/t12-,14+,17+/m0/s1. The second kappa shape index (κ2) is 5.83. The molecule has 2 saturated heterocycles. The molecule has 2 bridgehead atoms. The summed E-state index contributed by atoms with van der Waals surface area (Å²) in [5.41, 5.74) is -0.825. The van der Waals surface area contributed by atoms with Crippen molar-refractivity contribution in [1.29, 1.82) is 0 Å². The van der Waals surface area contributed by atoms with Gasteiger partial charge in [-0.15, -0.1) is 0 Å². The van der Waals surface area contributed by atoms with Crippen molar-refractivity contribution < 1.29 is 23.8 Å². The lowest BCUT2D eigenvalue weighted by atomic mass is 9.72. The Balaban J connectivity index is 1.68. The predicted molar refractivity (Wildman–Crippen MR) is 80.5 cm³/mol. The highest BCUT2D eigenvalue weighted by atomic mass is 19.1. The van der Waals surface area contributed by atoms with Gasteiger partial charge in [-0.2, -0.15) is 0 Å². The summed E-state index contributed by atoms with van der Waals surface area (Å²) in [5.74, 6) is -0.954. The molecule has 2 aliphatic rings. The Bertz CT molecular complexity index is 618. The lowest BCUT2D eigenvalue weighted by molar-refractivity contribution is -0.152. The molecule has 0 radical (unpaired) electrons. The van der Waals surface area contributed by atoms with Crippen molar-refractivity contribution in [1.82, 2.24) is 4.90 Å². The summed E-state index contributed by atoms with van der Waals surface area (Å²) in [5, 5.41) is 9.61. The Morgan fingerprint density at radius 1 is 1.35 bits per heavy atom. The van der Waals surface area contributed by atoms with Crippen molar-refractivity contribution in [2.24, 2.45) is 5.41 Å². The number of halogens is 1.